The summed E-state index contributed by atoms with van der Waals surface area (Å²) < 4.78 is 10.6. The van der Waals surface area contributed by atoms with E-state index in [1.54, 1.807) is 18.5 Å². The van der Waals surface area contributed by atoms with Crippen LogP contribution in [0.4, 0.5) is 0 Å². The van der Waals surface area contributed by atoms with Crippen LogP contribution in [0.1, 0.15) is 28.2 Å². The van der Waals surface area contributed by atoms with E-state index in [-0.39, 0.29) is 18.5 Å². The second kappa shape index (κ2) is 4.37. The number of Topliss-reactive ketones (excluding diaryl/α,β-unsaturated/α-hetero) is 1. The lowest BCUT2D eigenvalue weighted by molar-refractivity contribution is 0.0907. The maximum atomic E-state index is 12.6. The predicted molar refractivity (Wildman–Crippen MR) is 71.0 cm³/mol. The minimum absolute atomic E-state index is 0.00571. The molecular formula is C15H14N2O3. The van der Waals surface area contributed by atoms with Crippen molar-refractivity contribution in [3.05, 3.63) is 41.5 Å². The molecule has 5 heteroatoms. The Morgan fingerprint density at radius 2 is 2.20 bits per heavy atom. The molecule has 0 fully saturated rings. The Hall–Kier alpha value is -2.30. The fourth-order valence-electron chi connectivity index (χ4n) is 2.91. The summed E-state index contributed by atoms with van der Waals surface area (Å²) in [6.07, 6.45) is 4.17. The Kier molecular flexibility index (Phi) is 2.52. The number of aromatic amines is 1. The van der Waals surface area contributed by atoms with Gasteiger partial charge in [0.15, 0.2) is 17.3 Å². The summed E-state index contributed by atoms with van der Waals surface area (Å²) in [6.45, 7) is 0.229. The van der Waals surface area contributed by atoms with Crippen LogP contribution in [0, 0.1) is 5.92 Å². The van der Waals surface area contributed by atoms with Gasteiger partial charge in [0.2, 0.25) is 6.79 Å². The highest BCUT2D eigenvalue weighted by Gasteiger charge is 2.28. The van der Waals surface area contributed by atoms with Gasteiger partial charge in [-0.3, -0.25) is 4.79 Å². The number of hydrogen-bond acceptors (Lipinski definition) is 4. The maximum absolute atomic E-state index is 12.6. The third-order valence-electron chi connectivity index (χ3n) is 4.02. The van der Waals surface area contributed by atoms with Crippen LogP contribution >= 0.6 is 0 Å². The van der Waals surface area contributed by atoms with Crippen molar-refractivity contribution < 1.29 is 14.3 Å². The van der Waals surface area contributed by atoms with Gasteiger partial charge in [0, 0.05) is 23.6 Å². The van der Waals surface area contributed by atoms with E-state index < -0.39 is 0 Å². The van der Waals surface area contributed by atoms with E-state index in [1.165, 1.54) is 5.69 Å². The second-order valence-corrected chi connectivity index (χ2v) is 5.20. The molecule has 1 atom stereocenters. The number of carbonyl (C=O) groups is 1. The van der Waals surface area contributed by atoms with Crippen LogP contribution in [0.5, 0.6) is 11.5 Å². The van der Waals surface area contributed by atoms with Crippen LogP contribution in [-0.4, -0.2) is 22.5 Å². The summed E-state index contributed by atoms with van der Waals surface area (Å²) in [4.78, 5) is 20.0. The molecule has 4 rings (SSSR count). The lowest BCUT2D eigenvalue weighted by Gasteiger charge is -2.20. The molecule has 1 aliphatic heterocycles. The number of hydrogen-bond donors (Lipinski definition) is 1. The van der Waals surface area contributed by atoms with Crippen molar-refractivity contribution in [2.75, 3.05) is 6.79 Å². The molecule has 2 heterocycles. The van der Waals surface area contributed by atoms with Gasteiger partial charge in [0.1, 0.15) is 0 Å². The molecule has 2 aromatic rings. The van der Waals surface area contributed by atoms with Gasteiger partial charge in [-0.2, -0.15) is 0 Å². The molecule has 5 nitrogen and oxygen atoms in total. The van der Waals surface area contributed by atoms with Crippen LogP contribution < -0.4 is 9.47 Å². The van der Waals surface area contributed by atoms with Gasteiger partial charge in [0.25, 0.3) is 0 Å². The van der Waals surface area contributed by atoms with Crippen LogP contribution in [-0.2, 0) is 12.8 Å². The molecule has 1 aliphatic carbocycles. The van der Waals surface area contributed by atoms with Crippen molar-refractivity contribution in [2.24, 2.45) is 5.92 Å². The summed E-state index contributed by atoms with van der Waals surface area (Å²) in [5.41, 5.74) is 2.88. The summed E-state index contributed by atoms with van der Waals surface area (Å²) in [5.74, 6) is 1.54. The number of carbonyl (C=O) groups excluding carboxylic acids is 1. The number of aromatic nitrogens is 2. The number of imidazole rings is 1. The molecule has 1 aromatic heterocycles. The van der Waals surface area contributed by atoms with Crippen molar-refractivity contribution in [3.8, 4) is 11.5 Å². The average molecular weight is 270 g/mol. The Bertz CT molecular complexity index is 678. The van der Waals surface area contributed by atoms with Gasteiger partial charge in [-0.25, -0.2) is 4.98 Å². The van der Waals surface area contributed by atoms with Crippen molar-refractivity contribution >= 4 is 5.78 Å². The molecule has 0 saturated heterocycles. The van der Waals surface area contributed by atoms with Gasteiger partial charge >= 0.3 is 0 Å². The van der Waals surface area contributed by atoms with E-state index in [0.29, 0.717) is 23.5 Å². The third kappa shape index (κ3) is 1.78. The highest BCUT2D eigenvalue weighted by molar-refractivity contribution is 5.98. The van der Waals surface area contributed by atoms with Crippen molar-refractivity contribution in [2.45, 2.75) is 19.3 Å². The molecule has 102 valence electrons. The molecule has 0 amide bonds. The number of ketones is 1. The number of nitrogens with zero attached hydrogens (tertiary/aromatic N) is 1. The van der Waals surface area contributed by atoms with Crippen LogP contribution in [0.15, 0.2) is 24.5 Å². The van der Waals surface area contributed by atoms with Crippen LogP contribution in [0.25, 0.3) is 0 Å². The summed E-state index contributed by atoms with van der Waals surface area (Å²) in [6, 6.07) is 5.40. The highest BCUT2D eigenvalue weighted by Crippen LogP contribution is 2.34. The molecule has 0 spiro atoms. The van der Waals surface area contributed by atoms with E-state index in [0.717, 1.165) is 18.5 Å². The molecule has 20 heavy (non-hydrogen) atoms. The normalized spacial score (nSPS) is 19.7. The molecule has 1 aromatic carbocycles. The first-order valence-corrected chi connectivity index (χ1v) is 6.76. The number of nitrogens with one attached hydrogen (secondary N) is 1. The lowest BCUT2D eigenvalue weighted by atomic mass is 9.84. The molecular weight excluding hydrogens is 256 g/mol. The van der Waals surface area contributed by atoms with Gasteiger partial charge in [-0.15, -0.1) is 0 Å². The number of fused-ring (bicyclic) bond motifs is 2. The Labute approximate surface area is 115 Å². The summed E-state index contributed by atoms with van der Waals surface area (Å²) in [5, 5.41) is 0. The highest BCUT2D eigenvalue weighted by atomic mass is 16.7. The molecule has 0 radical (unpaired) electrons. The zero-order chi connectivity index (χ0) is 13.5. The first-order valence-electron chi connectivity index (χ1n) is 6.76. The first-order chi connectivity index (χ1) is 9.81. The standard InChI is InChI=1S/C15H14N2O3/c18-15(9-1-3-11-12(5-9)17-7-16-11)10-2-4-13-14(6-10)20-8-19-13/h2,4,6-7,9H,1,3,5,8H2,(H,16,17). The fourth-order valence-corrected chi connectivity index (χ4v) is 2.91. The quantitative estimate of drug-likeness (QED) is 0.849. The maximum Gasteiger partial charge on any atom is 0.231 e. The first kappa shape index (κ1) is 11.5. The number of benzene rings is 1. The monoisotopic (exact) mass is 270 g/mol. The minimum Gasteiger partial charge on any atom is -0.454 e. The molecule has 0 bridgehead atoms. The van der Waals surface area contributed by atoms with Crippen molar-refractivity contribution in [3.63, 3.8) is 0 Å². The molecule has 0 saturated carbocycles. The Morgan fingerprint density at radius 3 is 3.15 bits per heavy atom. The average Bonchev–Trinajstić information content (AvgIpc) is 3.13. The van der Waals surface area contributed by atoms with E-state index in [2.05, 4.69) is 9.97 Å². The van der Waals surface area contributed by atoms with E-state index in [9.17, 15) is 4.79 Å². The van der Waals surface area contributed by atoms with E-state index >= 15 is 0 Å². The van der Waals surface area contributed by atoms with Crippen LogP contribution in [0.2, 0.25) is 0 Å². The largest absolute Gasteiger partial charge is 0.454 e. The predicted octanol–water partition coefficient (Wildman–Crippen LogP) is 2.13. The van der Waals surface area contributed by atoms with Gasteiger partial charge in [-0.1, -0.05) is 0 Å². The Balaban J connectivity index is 1.59. The third-order valence-corrected chi connectivity index (χ3v) is 4.02. The van der Waals surface area contributed by atoms with Crippen molar-refractivity contribution in [1.29, 1.82) is 0 Å². The van der Waals surface area contributed by atoms with Crippen LogP contribution in [0.3, 0.4) is 0 Å². The number of ether oxygens (including phenoxy) is 2. The van der Waals surface area contributed by atoms with E-state index in [4.69, 9.17) is 9.47 Å². The van der Waals surface area contributed by atoms with E-state index in [1.807, 2.05) is 6.07 Å². The van der Waals surface area contributed by atoms with Gasteiger partial charge in [-0.05, 0) is 31.0 Å². The number of H-pyrrole nitrogens is 1. The molecule has 2 aliphatic rings. The SMILES string of the molecule is O=C(c1ccc2c(c1)OCO2)C1CCc2[nH]cnc2C1. The zero-order valence-electron chi connectivity index (χ0n) is 10.9. The molecule has 1 unspecified atom stereocenters. The fraction of sp³-hybridized carbons (Fsp3) is 0.333. The molecule has 1 N–H and O–H groups in total. The summed E-state index contributed by atoms with van der Waals surface area (Å²) in [7, 11) is 0. The zero-order valence-corrected chi connectivity index (χ0v) is 10.9. The van der Waals surface area contributed by atoms with Crippen molar-refractivity contribution in [1.82, 2.24) is 9.97 Å². The van der Waals surface area contributed by atoms with Gasteiger partial charge in [0.05, 0.1) is 12.0 Å². The lowest BCUT2D eigenvalue weighted by Crippen LogP contribution is -2.22. The number of rotatable bonds is 2. The Morgan fingerprint density at radius 1 is 1.30 bits per heavy atom. The second-order valence-electron chi connectivity index (χ2n) is 5.20. The number of aryl methyl sites for hydroxylation is 1. The topological polar surface area (TPSA) is 64.2 Å². The van der Waals surface area contributed by atoms with Gasteiger partial charge < -0.3 is 14.5 Å². The summed E-state index contributed by atoms with van der Waals surface area (Å²) >= 11 is 0. The smallest absolute Gasteiger partial charge is 0.231 e. The minimum atomic E-state index is 0.00571.